The van der Waals surface area contributed by atoms with Crippen molar-refractivity contribution in [3.8, 4) is 0 Å². The van der Waals surface area contributed by atoms with Crippen LogP contribution in [0.25, 0.3) is 0 Å². The summed E-state index contributed by atoms with van der Waals surface area (Å²) in [6.07, 6.45) is 48.3. The zero-order valence-electron chi connectivity index (χ0n) is 33.5. The number of hydrogen-bond donors (Lipinski definition) is 2. The molecule has 0 saturated carbocycles. The number of aliphatic hydroxyl groups is 1. The molecule has 0 radical (unpaired) electrons. The van der Waals surface area contributed by atoms with Crippen LogP contribution in [0.2, 0.25) is 0 Å². The summed E-state index contributed by atoms with van der Waals surface area (Å²) in [7, 11) is 0. The molecule has 1 unspecified atom stereocenters. The van der Waals surface area contributed by atoms with E-state index >= 15 is 0 Å². The lowest BCUT2D eigenvalue weighted by Gasteiger charge is -2.19. The number of unbranched alkanes of at least 4 members (excludes halogenated alkanes) is 18. The third-order valence-corrected chi connectivity index (χ3v) is 10.0. The van der Waals surface area contributed by atoms with Crippen LogP contribution in [-0.2, 0) is 14.3 Å². The number of nitrogens with zero attached hydrogens (tertiary/aromatic N) is 1. The van der Waals surface area contributed by atoms with Crippen molar-refractivity contribution in [2.24, 2.45) is 17.6 Å². The van der Waals surface area contributed by atoms with E-state index < -0.39 is 6.04 Å². The third kappa shape index (κ3) is 28.4. The van der Waals surface area contributed by atoms with Crippen molar-refractivity contribution in [1.82, 2.24) is 4.90 Å². The first kappa shape index (κ1) is 47.3. The van der Waals surface area contributed by atoms with Gasteiger partial charge in [0.2, 0.25) is 5.91 Å². The van der Waals surface area contributed by atoms with Crippen molar-refractivity contribution in [1.29, 1.82) is 0 Å². The van der Waals surface area contributed by atoms with Gasteiger partial charge in [-0.1, -0.05) is 140 Å². The summed E-state index contributed by atoms with van der Waals surface area (Å²) in [6, 6.07) is -0.845. The van der Waals surface area contributed by atoms with E-state index in [1.54, 1.807) is 0 Å². The second-order valence-electron chi connectivity index (χ2n) is 14.9. The molecule has 1 heterocycles. The first-order chi connectivity index (χ1) is 25.1. The Kier molecular flexibility index (Phi) is 34.0. The topological polar surface area (TPSA) is 85.0 Å². The van der Waals surface area contributed by atoms with Crippen molar-refractivity contribution < 1.29 is 19.4 Å². The SMILES string of the molecule is CCCCCC=CCC=CCCCCCCCCOCC1CN(C(=O)[C@@H](N)CO)C[C@H]1COCCCCCCCCC=CCC=CCCCCC. The fourth-order valence-electron chi connectivity index (χ4n) is 6.66. The molecule has 1 saturated heterocycles. The highest BCUT2D eigenvalue weighted by atomic mass is 16.5. The largest absolute Gasteiger partial charge is 0.394 e. The molecule has 0 aromatic rings. The molecule has 0 aromatic carbocycles. The Hall–Kier alpha value is -1.73. The first-order valence-electron chi connectivity index (χ1n) is 21.5. The minimum Gasteiger partial charge on any atom is -0.394 e. The molecule has 0 bridgehead atoms. The minimum absolute atomic E-state index is 0.166. The number of allylic oxidation sites excluding steroid dienone is 8. The highest BCUT2D eigenvalue weighted by Crippen LogP contribution is 2.25. The number of likely N-dealkylation sites (tertiary alicyclic amines) is 1. The number of ether oxygens (including phenoxy) is 2. The number of carbonyl (C=O) groups excluding carboxylic acids is 1. The summed E-state index contributed by atoms with van der Waals surface area (Å²) in [5.74, 6) is 0.334. The minimum atomic E-state index is -0.845. The van der Waals surface area contributed by atoms with E-state index in [4.69, 9.17) is 15.2 Å². The Bertz CT molecular complexity index is 825. The van der Waals surface area contributed by atoms with Gasteiger partial charge in [-0.3, -0.25) is 4.79 Å². The zero-order chi connectivity index (χ0) is 36.9. The average molecular weight is 715 g/mol. The van der Waals surface area contributed by atoms with Crippen LogP contribution in [0.1, 0.15) is 168 Å². The number of hydrogen-bond acceptors (Lipinski definition) is 5. The van der Waals surface area contributed by atoms with Gasteiger partial charge in [0.25, 0.3) is 0 Å². The predicted octanol–water partition coefficient (Wildman–Crippen LogP) is 11.0. The Morgan fingerprint density at radius 1 is 0.588 bits per heavy atom. The quantitative estimate of drug-likeness (QED) is 0.0498. The number of amides is 1. The van der Waals surface area contributed by atoms with Crippen LogP contribution in [0.4, 0.5) is 0 Å². The normalized spacial score (nSPS) is 17.4. The second kappa shape index (κ2) is 36.6. The first-order valence-corrected chi connectivity index (χ1v) is 21.5. The monoisotopic (exact) mass is 715 g/mol. The Morgan fingerprint density at radius 3 is 1.31 bits per heavy atom. The lowest BCUT2D eigenvalue weighted by atomic mass is 9.98. The van der Waals surface area contributed by atoms with Crippen molar-refractivity contribution >= 4 is 5.91 Å². The van der Waals surface area contributed by atoms with E-state index in [0.29, 0.717) is 26.3 Å². The van der Waals surface area contributed by atoms with E-state index in [-0.39, 0.29) is 24.3 Å². The highest BCUT2D eigenvalue weighted by Gasteiger charge is 2.36. The second-order valence-corrected chi connectivity index (χ2v) is 14.9. The maximum absolute atomic E-state index is 12.7. The van der Waals surface area contributed by atoms with Crippen LogP contribution in [0, 0.1) is 11.8 Å². The van der Waals surface area contributed by atoms with Gasteiger partial charge in [0, 0.05) is 38.1 Å². The Morgan fingerprint density at radius 2 is 0.941 bits per heavy atom. The Labute approximate surface area is 315 Å². The molecule has 0 spiro atoms. The van der Waals surface area contributed by atoms with Crippen LogP contribution in [0.5, 0.6) is 0 Å². The van der Waals surface area contributed by atoms with E-state index in [1.807, 2.05) is 4.90 Å². The summed E-state index contributed by atoms with van der Waals surface area (Å²) in [5.41, 5.74) is 5.87. The molecule has 296 valence electrons. The molecule has 1 amide bonds. The van der Waals surface area contributed by atoms with Crippen LogP contribution in [0.15, 0.2) is 48.6 Å². The maximum atomic E-state index is 12.7. The number of rotatable bonds is 36. The summed E-state index contributed by atoms with van der Waals surface area (Å²) in [4.78, 5) is 14.5. The molecule has 0 aromatic heterocycles. The molecule has 3 atom stereocenters. The molecule has 3 N–H and O–H groups in total. The van der Waals surface area contributed by atoms with Gasteiger partial charge >= 0.3 is 0 Å². The smallest absolute Gasteiger partial charge is 0.241 e. The number of nitrogens with two attached hydrogens (primary N) is 1. The zero-order valence-corrected chi connectivity index (χ0v) is 33.5. The van der Waals surface area contributed by atoms with E-state index in [0.717, 1.165) is 38.9 Å². The third-order valence-electron chi connectivity index (χ3n) is 10.0. The number of carbonyl (C=O) groups is 1. The molecule has 1 fully saturated rings. The summed E-state index contributed by atoms with van der Waals surface area (Å²) in [6.45, 7) is 8.30. The fourth-order valence-corrected chi connectivity index (χ4v) is 6.66. The van der Waals surface area contributed by atoms with Crippen molar-refractivity contribution in [2.75, 3.05) is 46.1 Å². The fraction of sp³-hybridized carbons (Fsp3) is 0.800. The summed E-state index contributed by atoms with van der Waals surface area (Å²) in [5, 5.41) is 9.41. The molecular formula is C45H82N2O4. The predicted molar refractivity (Wildman–Crippen MR) is 219 cm³/mol. The van der Waals surface area contributed by atoms with Gasteiger partial charge in [-0.15, -0.1) is 0 Å². The van der Waals surface area contributed by atoms with Gasteiger partial charge in [-0.05, 0) is 77.0 Å². The van der Waals surface area contributed by atoms with Crippen LogP contribution in [0.3, 0.4) is 0 Å². The van der Waals surface area contributed by atoms with Gasteiger partial charge in [-0.25, -0.2) is 0 Å². The van der Waals surface area contributed by atoms with E-state index in [2.05, 4.69) is 62.5 Å². The van der Waals surface area contributed by atoms with Crippen molar-refractivity contribution in [2.45, 2.75) is 174 Å². The van der Waals surface area contributed by atoms with Crippen LogP contribution >= 0.6 is 0 Å². The van der Waals surface area contributed by atoms with Crippen LogP contribution < -0.4 is 5.73 Å². The van der Waals surface area contributed by atoms with Gasteiger partial charge in [0.15, 0.2) is 0 Å². The van der Waals surface area contributed by atoms with Crippen LogP contribution in [-0.4, -0.2) is 68.1 Å². The summed E-state index contributed by atoms with van der Waals surface area (Å²) < 4.78 is 12.3. The van der Waals surface area contributed by atoms with Crippen molar-refractivity contribution in [3.63, 3.8) is 0 Å². The average Bonchev–Trinajstić information content (AvgIpc) is 3.55. The highest BCUT2D eigenvalue weighted by molar-refractivity contribution is 5.82. The summed E-state index contributed by atoms with van der Waals surface area (Å²) >= 11 is 0. The molecule has 1 rings (SSSR count). The standard InChI is InChI=1S/C45H82N2O4/c1-3-5-7-9-11-13-15-17-19-21-23-25-27-29-31-33-35-50-40-42-37-47(45(49)44(46)39-48)38-43(42)41-51-36-34-32-30-28-26-24-22-20-18-16-14-12-10-8-6-4-2/h11-14,17-20,42-44,48H,3-10,15-16,21-41,46H2,1-2H3/t42-,43?,44-/m0/s1. The lowest BCUT2D eigenvalue weighted by Crippen LogP contribution is -2.45. The van der Waals surface area contributed by atoms with E-state index in [9.17, 15) is 9.90 Å². The molecule has 1 aliphatic rings. The lowest BCUT2D eigenvalue weighted by molar-refractivity contribution is -0.132. The maximum Gasteiger partial charge on any atom is 0.241 e. The van der Waals surface area contributed by atoms with Gasteiger partial charge in [0.1, 0.15) is 6.04 Å². The van der Waals surface area contributed by atoms with Gasteiger partial charge in [0.05, 0.1) is 19.8 Å². The molecule has 51 heavy (non-hydrogen) atoms. The van der Waals surface area contributed by atoms with Gasteiger partial charge in [-0.2, -0.15) is 0 Å². The van der Waals surface area contributed by atoms with Gasteiger partial charge < -0.3 is 25.2 Å². The molecule has 6 nitrogen and oxygen atoms in total. The number of aliphatic hydroxyl groups excluding tert-OH is 1. The molecule has 1 aliphatic heterocycles. The van der Waals surface area contributed by atoms with Crippen molar-refractivity contribution in [3.05, 3.63) is 48.6 Å². The molecule has 0 aliphatic carbocycles. The van der Waals surface area contributed by atoms with E-state index in [1.165, 1.54) is 128 Å². The Balaban J connectivity index is 2.12. The molecule has 6 heteroatoms. The molecular weight excluding hydrogens is 633 g/mol.